The van der Waals surface area contributed by atoms with Crippen LogP contribution in [-0.2, 0) is 4.79 Å². The van der Waals surface area contributed by atoms with Crippen LogP contribution in [0.3, 0.4) is 0 Å². The van der Waals surface area contributed by atoms with Gasteiger partial charge in [0.1, 0.15) is 5.69 Å². The van der Waals surface area contributed by atoms with E-state index in [2.05, 4.69) is 21.8 Å². The van der Waals surface area contributed by atoms with Gasteiger partial charge in [-0.15, -0.1) is 0 Å². The maximum absolute atomic E-state index is 14.2. The molecule has 7 heteroatoms. The van der Waals surface area contributed by atoms with Crippen LogP contribution in [0, 0.1) is 11.2 Å². The van der Waals surface area contributed by atoms with Gasteiger partial charge in [0.25, 0.3) is 0 Å². The fourth-order valence-electron chi connectivity index (χ4n) is 5.96. The number of aromatic nitrogens is 2. The molecule has 1 aliphatic carbocycles. The van der Waals surface area contributed by atoms with Crippen LogP contribution in [-0.4, -0.2) is 57.9 Å². The first-order chi connectivity index (χ1) is 16.5. The minimum Gasteiger partial charge on any atom is -0.434 e. The summed E-state index contributed by atoms with van der Waals surface area (Å²) in [7, 11) is 0. The number of para-hydroxylation sites is 1. The van der Waals surface area contributed by atoms with Gasteiger partial charge in [0.15, 0.2) is 11.6 Å². The third kappa shape index (κ3) is 4.81. The van der Waals surface area contributed by atoms with Crippen molar-refractivity contribution < 1.29 is 13.9 Å². The Bertz CT molecular complexity index is 1000. The van der Waals surface area contributed by atoms with Gasteiger partial charge in [0, 0.05) is 42.9 Å². The lowest BCUT2D eigenvalue weighted by Gasteiger charge is -2.44. The number of benzene rings is 1. The first kappa shape index (κ1) is 23.2. The molecule has 1 atom stereocenters. The molecule has 5 rings (SSSR count). The molecule has 3 heterocycles. The normalized spacial score (nSPS) is 23.7. The van der Waals surface area contributed by atoms with Crippen molar-refractivity contribution in [2.75, 3.05) is 26.2 Å². The zero-order valence-corrected chi connectivity index (χ0v) is 20.1. The molecule has 2 aromatic rings. The van der Waals surface area contributed by atoms with Crippen molar-refractivity contribution in [3.05, 3.63) is 48.2 Å². The van der Waals surface area contributed by atoms with E-state index >= 15 is 0 Å². The van der Waals surface area contributed by atoms with Gasteiger partial charge >= 0.3 is 0 Å². The molecule has 1 amide bonds. The summed E-state index contributed by atoms with van der Waals surface area (Å²) < 4.78 is 20.0. The molecule has 0 spiro atoms. The molecule has 0 N–H and O–H groups in total. The number of carbonyl (C=O) groups excluding carboxylic acids is 1. The monoisotopic (exact) mass is 466 g/mol. The summed E-state index contributed by atoms with van der Waals surface area (Å²) in [6, 6.07) is 7.04. The molecule has 1 saturated carbocycles. The molecule has 2 saturated heterocycles. The standard InChI is InChI=1S/C27H35FN4O2/c1-27(12-17-31(18-13-27)21-8-2-3-9-21)26(33)32-16-6-7-20(19-32)24-25(30-15-14-29-24)34-23-11-5-4-10-22(23)28/h4-5,10-11,14-15,20-21H,2-3,6-9,12-13,16-19H2,1H3/t20-/m0/s1. The molecule has 6 nitrogen and oxygen atoms in total. The van der Waals surface area contributed by atoms with E-state index in [9.17, 15) is 9.18 Å². The van der Waals surface area contributed by atoms with Crippen molar-refractivity contribution in [3.8, 4) is 11.6 Å². The average Bonchev–Trinajstić information content (AvgIpc) is 3.41. The third-order valence-corrected chi connectivity index (χ3v) is 8.09. The van der Waals surface area contributed by atoms with Gasteiger partial charge in [0.2, 0.25) is 11.8 Å². The Hall–Kier alpha value is -2.54. The number of piperidine rings is 2. The molecule has 2 aliphatic heterocycles. The Labute approximate surface area is 201 Å². The smallest absolute Gasteiger partial charge is 0.241 e. The van der Waals surface area contributed by atoms with Gasteiger partial charge in [0.05, 0.1) is 0 Å². The van der Waals surface area contributed by atoms with Crippen molar-refractivity contribution in [2.45, 2.75) is 70.3 Å². The van der Waals surface area contributed by atoms with Crippen LogP contribution >= 0.6 is 0 Å². The molecule has 3 fully saturated rings. The molecule has 0 bridgehead atoms. The van der Waals surface area contributed by atoms with Crippen LogP contribution in [0.4, 0.5) is 4.39 Å². The van der Waals surface area contributed by atoms with E-state index in [4.69, 9.17) is 4.74 Å². The molecular formula is C27H35FN4O2. The highest BCUT2D eigenvalue weighted by molar-refractivity contribution is 5.82. The van der Waals surface area contributed by atoms with Crippen LogP contribution in [0.1, 0.15) is 69.9 Å². The molecule has 182 valence electrons. The lowest BCUT2D eigenvalue weighted by molar-refractivity contribution is -0.145. The zero-order chi connectivity index (χ0) is 23.5. The zero-order valence-electron chi connectivity index (χ0n) is 20.1. The molecule has 1 aromatic heterocycles. The second kappa shape index (κ2) is 9.98. The van der Waals surface area contributed by atoms with Crippen molar-refractivity contribution >= 4 is 5.91 Å². The van der Waals surface area contributed by atoms with Gasteiger partial charge in [-0.1, -0.05) is 31.9 Å². The van der Waals surface area contributed by atoms with Crippen LogP contribution < -0.4 is 4.74 Å². The lowest BCUT2D eigenvalue weighted by Crippen LogP contribution is -2.52. The maximum atomic E-state index is 14.2. The fourth-order valence-corrected chi connectivity index (χ4v) is 5.96. The molecular weight excluding hydrogens is 431 g/mol. The summed E-state index contributed by atoms with van der Waals surface area (Å²) >= 11 is 0. The van der Waals surface area contributed by atoms with E-state index in [-0.39, 0.29) is 23.0 Å². The molecule has 0 unspecified atom stereocenters. The highest BCUT2D eigenvalue weighted by atomic mass is 19.1. The number of carbonyl (C=O) groups is 1. The van der Waals surface area contributed by atoms with Crippen molar-refractivity contribution in [2.24, 2.45) is 5.41 Å². The van der Waals surface area contributed by atoms with Crippen molar-refractivity contribution in [1.82, 2.24) is 19.8 Å². The van der Waals surface area contributed by atoms with Crippen LogP contribution in [0.5, 0.6) is 11.6 Å². The maximum Gasteiger partial charge on any atom is 0.241 e. The fraction of sp³-hybridized carbons (Fsp3) is 0.593. The van der Waals surface area contributed by atoms with Gasteiger partial charge in [-0.3, -0.25) is 9.78 Å². The van der Waals surface area contributed by atoms with Crippen LogP contribution in [0.15, 0.2) is 36.7 Å². The molecule has 0 radical (unpaired) electrons. The third-order valence-electron chi connectivity index (χ3n) is 8.09. The van der Waals surface area contributed by atoms with Crippen LogP contribution in [0.2, 0.25) is 0 Å². The molecule has 1 aromatic carbocycles. The summed E-state index contributed by atoms with van der Waals surface area (Å²) in [4.78, 5) is 27.2. The number of rotatable bonds is 5. The Morgan fingerprint density at radius 1 is 1.03 bits per heavy atom. The summed E-state index contributed by atoms with van der Waals surface area (Å²) in [5, 5.41) is 0. The van der Waals surface area contributed by atoms with Crippen molar-refractivity contribution in [3.63, 3.8) is 0 Å². The topological polar surface area (TPSA) is 58.6 Å². The first-order valence-corrected chi connectivity index (χ1v) is 12.8. The SMILES string of the molecule is CC1(C(=O)N2CCC[C@H](c3nccnc3Oc3ccccc3F)C2)CCN(C2CCCC2)CC1. The van der Waals surface area contributed by atoms with Crippen LogP contribution in [0.25, 0.3) is 0 Å². The van der Waals surface area contributed by atoms with E-state index in [1.54, 1.807) is 30.6 Å². The quantitative estimate of drug-likeness (QED) is 0.609. The predicted octanol–water partition coefficient (Wildman–Crippen LogP) is 5.16. The Morgan fingerprint density at radius 3 is 2.53 bits per heavy atom. The predicted molar refractivity (Wildman–Crippen MR) is 128 cm³/mol. The van der Waals surface area contributed by atoms with E-state index in [0.29, 0.717) is 18.1 Å². The Morgan fingerprint density at radius 2 is 1.76 bits per heavy atom. The molecule has 3 aliphatic rings. The summed E-state index contributed by atoms with van der Waals surface area (Å²) in [5.41, 5.74) is 0.399. The van der Waals surface area contributed by atoms with Gasteiger partial charge < -0.3 is 14.5 Å². The number of nitrogens with zero attached hydrogens (tertiary/aromatic N) is 4. The van der Waals surface area contributed by atoms with Gasteiger partial charge in [-0.25, -0.2) is 9.37 Å². The van der Waals surface area contributed by atoms with E-state index in [0.717, 1.165) is 51.4 Å². The van der Waals surface area contributed by atoms with Crippen molar-refractivity contribution in [1.29, 1.82) is 0 Å². The highest BCUT2D eigenvalue weighted by Gasteiger charge is 2.42. The highest BCUT2D eigenvalue weighted by Crippen LogP contribution is 2.39. The minimum atomic E-state index is -0.434. The van der Waals surface area contributed by atoms with E-state index < -0.39 is 5.82 Å². The number of hydrogen-bond acceptors (Lipinski definition) is 5. The Kier molecular flexibility index (Phi) is 6.82. The van der Waals surface area contributed by atoms with E-state index in [1.807, 2.05) is 4.90 Å². The number of amides is 1. The minimum absolute atomic E-state index is 0.0235. The summed E-state index contributed by atoms with van der Waals surface area (Å²) in [6.07, 6.45) is 12.2. The number of ether oxygens (including phenoxy) is 1. The van der Waals surface area contributed by atoms with E-state index in [1.165, 1.54) is 31.7 Å². The average molecular weight is 467 g/mol. The second-order valence-corrected chi connectivity index (χ2v) is 10.4. The number of likely N-dealkylation sites (tertiary alicyclic amines) is 2. The summed E-state index contributed by atoms with van der Waals surface area (Å²) in [6.45, 7) is 5.58. The summed E-state index contributed by atoms with van der Waals surface area (Å²) in [5.74, 6) is 0.313. The van der Waals surface area contributed by atoms with Gasteiger partial charge in [-0.05, 0) is 63.7 Å². The number of hydrogen-bond donors (Lipinski definition) is 0. The largest absolute Gasteiger partial charge is 0.434 e. The second-order valence-electron chi connectivity index (χ2n) is 10.4. The number of halogens is 1. The first-order valence-electron chi connectivity index (χ1n) is 12.8. The lowest BCUT2D eigenvalue weighted by atomic mass is 9.78. The molecule has 34 heavy (non-hydrogen) atoms. The van der Waals surface area contributed by atoms with Gasteiger partial charge in [-0.2, -0.15) is 0 Å². The Balaban J connectivity index is 1.26.